The lowest BCUT2D eigenvalue weighted by Gasteiger charge is -2.16. The summed E-state index contributed by atoms with van der Waals surface area (Å²) in [5.74, 6) is 1.55. The van der Waals surface area contributed by atoms with E-state index in [4.69, 9.17) is 0 Å². The van der Waals surface area contributed by atoms with Gasteiger partial charge in [-0.05, 0) is 52.3 Å². The van der Waals surface area contributed by atoms with Crippen molar-refractivity contribution in [3.63, 3.8) is 0 Å². The van der Waals surface area contributed by atoms with E-state index in [-0.39, 0.29) is 5.82 Å². The van der Waals surface area contributed by atoms with Gasteiger partial charge in [0.15, 0.2) is 0 Å². The number of pyridine rings is 1. The maximum atomic E-state index is 13.1. The number of rotatable bonds is 2. The van der Waals surface area contributed by atoms with Gasteiger partial charge in [0.05, 0.1) is 5.52 Å². The first-order valence-corrected chi connectivity index (χ1v) is 6.97. The normalized spacial score (nSPS) is 11.0. The number of fused-ring (bicyclic) bond motifs is 1. The van der Waals surface area contributed by atoms with Gasteiger partial charge in [-0.2, -0.15) is 0 Å². The Balaban J connectivity index is 2.33. The smallest absolute Gasteiger partial charge is 0.147 e. The Bertz CT molecular complexity index is 763. The van der Waals surface area contributed by atoms with Crippen LogP contribution < -0.4 is 4.90 Å². The van der Waals surface area contributed by atoms with Gasteiger partial charge < -0.3 is 4.90 Å². The molecule has 0 fully saturated rings. The highest BCUT2D eigenvalue weighted by Crippen LogP contribution is 2.30. The molecule has 0 N–H and O–H groups in total. The molecule has 0 spiro atoms. The van der Waals surface area contributed by atoms with Gasteiger partial charge in [-0.1, -0.05) is 6.07 Å². The number of halogens is 2. The van der Waals surface area contributed by atoms with E-state index in [1.165, 1.54) is 12.1 Å². The Morgan fingerprint density at radius 1 is 1.10 bits per heavy atom. The summed E-state index contributed by atoms with van der Waals surface area (Å²) in [6, 6.07) is 12.4. The van der Waals surface area contributed by atoms with E-state index in [1.807, 2.05) is 37.2 Å². The molecule has 0 amide bonds. The molecule has 0 aliphatic heterocycles. The van der Waals surface area contributed by atoms with E-state index in [0.717, 1.165) is 27.3 Å². The molecule has 3 aromatic rings. The lowest BCUT2D eigenvalue weighted by molar-refractivity contribution is 0.628. The molecule has 0 bridgehead atoms. The summed E-state index contributed by atoms with van der Waals surface area (Å²) >= 11 is 3.49. The van der Waals surface area contributed by atoms with Crippen molar-refractivity contribution < 1.29 is 4.39 Å². The summed E-state index contributed by atoms with van der Waals surface area (Å²) in [6.45, 7) is 0. The molecule has 1 aromatic carbocycles. The monoisotopic (exact) mass is 333 g/mol. The first kappa shape index (κ1) is 13.1. The molecule has 0 radical (unpaired) electrons. The van der Waals surface area contributed by atoms with Crippen LogP contribution in [0.15, 0.2) is 47.1 Å². The standard InChI is InChI=1S/C15H13BrFN3/c1-19(2)13-5-3-4-12-14(16)18-15(20(12)13)10-6-8-11(17)9-7-10/h3-9H,1-2H3. The molecule has 20 heavy (non-hydrogen) atoms. The fourth-order valence-corrected chi connectivity index (χ4v) is 2.70. The second-order valence-corrected chi connectivity index (χ2v) is 5.48. The second kappa shape index (κ2) is 4.90. The predicted octanol–water partition coefficient (Wildman–Crippen LogP) is 3.97. The molecule has 5 heteroatoms. The van der Waals surface area contributed by atoms with Crippen molar-refractivity contribution in [2.24, 2.45) is 0 Å². The highest BCUT2D eigenvalue weighted by molar-refractivity contribution is 9.10. The first-order chi connectivity index (χ1) is 9.58. The number of nitrogens with zero attached hydrogens (tertiary/aromatic N) is 3. The quantitative estimate of drug-likeness (QED) is 0.707. The van der Waals surface area contributed by atoms with Crippen molar-refractivity contribution in [1.29, 1.82) is 0 Å². The summed E-state index contributed by atoms with van der Waals surface area (Å²) in [4.78, 5) is 6.59. The minimum Gasteiger partial charge on any atom is -0.364 e. The Hall–Kier alpha value is -1.88. The molecular formula is C15H13BrFN3. The Morgan fingerprint density at radius 2 is 1.80 bits per heavy atom. The van der Waals surface area contributed by atoms with Gasteiger partial charge in [0.25, 0.3) is 0 Å². The first-order valence-electron chi connectivity index (χ1n) is 6.18. The van der Waals surface area contributed by atoms with E-state index < -0.39 is 0 Å². The molecule has 2 aromatic heterocycles. The zero-order valence-corrected chi connectivity index (χ0v) is 12.7. The van der Waals surface area contributed by atoms with Gasteiger partial charge in [-0.25, -0.2) is 9.37 Å². The average molecular weight is 334 g/mol. The Labute approximate surface area is 124 Å². The summed E-state index contributed by atoms with van der Waals surface area (Å²) < 4.78 is 15.9. The minimum absolute atomic E-state index is 0.249. The molecule has 0 aliphatic rings. The number of aromatic nitrogens is 2. The number of hydrogen-bond acceptors (Lipinski definition) is 2. The van der Waals surface area contributed by atoms with Crippen molar-refractivity contribution in [1.82, 2.24) is 9.38 Å². The number of anilines is 1. The average Bonchev–Trinajstić information content (AvgIpc) is 2.77. The summed E-state index contributed by atoms with van der Waals surface area (Å²) in [5, 5.41) is 0. The fraction of sp³-hybridized carbons (Fsp3) is 0.133. The molecule has 3 nitrogen and oxygen atoms in total. The third kappa shape index (κ3) is 2.08. The van der Waals surface area contributed by atoms with Crippen LogP contribution >= 0.6 is 15.9 Å². The number of benzene rings is 1. The zero-order valence-electron chi connectivity index (χ0n) is 11.1. The minimum atomic E-state index is -0.249. The van der Waals surface area contributed by atoms with Crippen LogP contribution in [-0.4, -0.2) is 23.5 Å². The van der Waals surface area contributed by atoms with Gasteiger partial charge in [-0.3, -0.25) is 4.40 Å². The van der Waals surface area contributed by atoms with Crippen molar-refractivity contribution in [3.8, 4) is 11.4 Å². The van der Waals surface area contributed by atoms with Crippen molar-refractivity contribution in [3.05, 3.63) is 52.9 Å². The third-order valence-electron chi connectivity index (χ3n) is 3.16. The van der Waals surface area contributed by atoms with Gasteiger partial charge in [0.1, 0.15) is 22.1 Å². The lowest BCUT2D eigenvalue weighted by atomic mass is 10.2. The molecule has 102 valence electrons. The van der Waals surface area contributed by atoms with Gasteiger partial charge >= 0.3 is 0 Å². The molecule has 0 saturated carbocycles. The van der Waals surface area contributed by atoms with Gasteiger partial charge in [0.2, 0.25) is 0 Å². The molecule has 2 heterocycles. The van der Waals surface area contributed by atoms with Crippen molar-refractivity contribution >= 4 is 27.3 Å². The van der Waals surface area contributed by atoms with Crippen LogP contribution in [0.25, 0.3) is 16.9 Å². The Kier molecular flexibility index (Phi) is 3.22. The largest absolute Gasteiger partial charge is 0.364 e. The van der Waals surface area contributed by atoms with Crippen LogP contribution in [0.2, 0.25) is 0 Å². The highest BCUT2D eigenvalue weighted by atomic mass is 79.9. The van der Waals surface area contributed by atoms with Crippen molar-refractivity contribution in [2.45, 2.75) is 0 Å². The van der Waals surface area contributed by atoms with Crippen LogP contribution in [0.3, 0.4) is 0 Å². The lowest BCUT2D eigenvalue weighted by Crippen LogP contribution is -2.13. The van der Waals surface area contributed by atoms with E-state index in [1.54, 1.807) is 12.1 Å². The van der Waals surface area contributed by atoms with E-state index >= 15 is 0 Å². The zero-order chi connectivity index (χ0) is 14.3. The summed E-state index contributed by atoms with van der Waals surface area (Å²) in [7, 11) is 3.97. The molecule has 0 aliphatic carbocycles. The summed E-state index contributed by atoms with van der Waals surface area (Å²) in [5.41, 5.74) is 1.86. The van der Waals surface area contributed by atoms with E-state index in [2.05, 4.69) is 25.3 Å². The molecule has 0 unspecified atom stereocenters. The van der Waals surface area contributed by atoms with Gasteiger partial charge in [-0.15, -0.1) is 0 Å². The van der Waals surface area contributed by atoms with Crippen molar-refractivity contribution in [2.75, 3.05) is 19.0 Å². The van der Waals surface area contributed by atoms with Crippen LogP contribution in [0.5, 0.6) is 0 Å². The van der Waals surface area contributed by atoms with Crippen LogP contribution in [-0.2, 0) is 0 Å². The topological polar surface area (TPSA) is 20.5 Å². The molecule has 0 atom stereocenters. The Morgan fingerprint density at radius 3 is 2.45 bits per heavy atom. The molecule has 3 rings (SSSR count). The van der Waals surface area contributed by atoms with Crippen LogP contribution in [0.1, 0.15) is 0 Å². The molecular weight excluding hydrogens is 321 g/mol. The second-order valence-electron chi connectivity index (χ2n) is 4.73. The van der Waals surface area contributed by atoms with E-state index in [9.17, 15) is 4.39 Å². The van der Waals surface area contributed by atoms with Gasteiger partial charge in [0, 0.05) is 19.7 Å². The van der Waals surface area contributed by atoms with Crippen LogP contribution in [0, 0.1) is 5.82 Å². The van der Waals surface area contributed by atoms with E-state index in [0.29, 0.717) is 0 Å². The highest BCUT2D eigenvalue weighted by Gasteiger charge is 2.14. The van der Waals surface area contributed by atoms with Crippen LogP contribution in [0.4, 0.5) is 10.2 Å². The maximum absolute atomic E-state index is 13.1. The summed E-state index contributed by atoms with van der Waals surface area (Å²) in [6.07, 6.45) is 0. The number of imidazole rings is 1. The third-order valence-corrected chi connectivity index (χ3v) is 3.74. The molecule has 0 saturated heterocycles. The SMILES string of the molecule is CN(C)c1cccc2c(Br)nc(-c3ccc(F)cc3)n12. The fourth-order valence-electron chi connectivity index (χ4n) is 2.22. The predicted molar refractivity (Wildman–Crippen MR) is 82.6 cm³/mol. The number of hydrogen-bond donors (Lipinski definition) is 0. The maximum Gasteiger partial charge on any atom is 0.147 e.